The third-order valence-electron chi connectivity index (χ3n) is 4.89. The average Bonchev–Trinajstić information content (AvgIpc) is 2.76. The highest BCUT2D eigenvalue weighted by molar-refractivity contribution is 5.98. The normalized spacial score (nSPS) is 11.6. The van der Waals surface area contributed by atoms with Crippen LogP contribution in [0.1, 0.15) is 11.1 Å². The fourth-order valence-electron chi connectivity index (χ4n) is 3.29. The summed E-state index contributed by atoms with van der Waals surface area (Å²) in [7, 11) is 1.89. The predicted octanol–water partition coefficient (Wildman–Crippen LogP) is 8.33. The topological polar surface area (TPSA) is 61.5 Å². The molecule has 0 spiro atoms. The van der Waals surface area contributed by atoms with Gasteiger partial charge < -0.3 is 5.32 Å². The van der Waals surface area contributed by atoms with Crippen molar-refractivity contribution >= 4 is 39.2 Å². The highest BCUT2D eigenvalue weighted by Crippen LogP contribution is 2.35. The molecule has 148 valence electrons. The van der Waals surface area contributed by atoms with Crippen molar-refractivity contribution in [2.45, 2.75) is 13.8 Å². The van der Waals surface area contributed by atoms with Gasteiger partial charge in [-0.1, -0.05) is 42.5 Å². The van der Waals surface area contributed by atoms with E-state index in [9.17, 15) is 0 Å². The summed E-state index contributed by atoms with van der Waals surface area (Å²) < 4.78 is 0. The maximum absolute atomic E-state index is 4.56. The quantitative estimate of drug-likeness (QED) is 0.340. The van der Waals surface area contributed by atoms with Crippen molar-refractivity contribution in [3.8, 4) is 0 Å². The Kier molecular flexibility index (Phi) is 5.61. The summed E-state index contributed by atoms with van der Waals surface area (Å²) in [6, 6.07) is 26.0. The van der Waals surface area contributed by atoms with E-state index in [1.165, 1.54) is 0 Å². The van der Waals surface area contributed by atoms with Gasteiger partial charge in [0.15, 0.2) is 0 Å². The van der Waals surface area contributed by atoms with Crippen LogP contribution < -0.4 is 5.32 Å². The van der Waals surface area contributed by atoms with Crippen LogP contribution in [0.3, 0.4) is 0 Å². The van der Waals surface area contributed by atoms with Crippen molar-refractivity contribution < 1.29 is 0 Å². The van der Waals surface area contributed by atoms with E-state index in [-0.39, 0.29) is 0 Å². The second-order valence-corrected chi connectivity index (χ2v) is 7.14. The molecule has 0 bridgehead atoms. The molecular formula is C25H23N5. The van der Waals surface area contributed by atoms with Crippen LogP contribution in [0.2, 0.25) is 0 Å². The monoisotopic (exact) mass is 393 g/mol. The minimum Gasteiger partial charge on any atom is -0.386 e. The molecule has 0 unspecified atom stereocenters. The average molecular weight is 393 g/mol. The van der Waals surface area contributed by atoms with E-state index >= 15 is 0 Å². The molecule has 4 aromatic rings. The molecule has 1 N–H and O–H groups in total. The molecule has 0 atom stereocenters. The lowest BCUT2D eigenvalue weighted by Crippen LogP contribution is -1.88. The van der Waals surface area contributed by atoms with Gasteiger partial charge in [0.1, 0.15) is 5.69 Å². The van der Waals surface area contributed by atoms with Crippen LogP contribution in [-0.4, -0.2) is 7.05 Å². The zero-order valence-corrected chi connectivity index (χ0v) is 17.3. The molecule has 0 aliphatic carbocycles. The first-order valence-electron chi connectivity index (χ1n) is 9.84. The molecule has 0 aromatic heterocycles. The number of nitrogens with one attached hydrogen (secondary N) is 1. The molecule has 0 aliphatic rings. The lowest BCUT2D eigenvalue weighted by molar-refractivity contribution is 1.19. The van der Waals surface area contributed by atoms with Crippen LogP contribution in [-0.2, 0) is 0 Å². The number of rotatable bonds is 5. The number of azo groups is 2. The van der Waals surface area contributed by atoms with E-state index in [0.29, 0.717) is 0 Å². The molecule has 0 fully saturated rings. The van der Waals surface area contributed by atoms with E-state index in [0.717, 1.165) is 50.3 Å². The standard InChI is InChI=1S/C25H23N5/c1-17-7-6-9-20(15-17)27-29-23-14-12-21(16-18(23)2)28-30-25-22-10-5-4-8-19(22)11-13-24(25)26-3/h4-16,26H,1-3H3. The van der Waals surface area contributed by atoms with E-state index < -0.39 is 0 Å². The summed E-state index contributed by atoms with van der Waals surface area (Å²) in [6.45, 7) is 4.04. The van der Waals surface area contributed by atoms with Gasteiger partial charge in [-0.3, -0.25) is 0 Å². The van der Waals surface area contributed by atoms with E-state index in [1.807, 2.05) is 81.6 Å². The van der Waals surface area contributed by atoms with Gasteiger partial charge in [0.2, 0.25) is 0 Å². The first kappa shape index (κ1) is 19.5. The Balaban J connectivity index is 1.61. The third kappa shape index (κ3) is 4.25. The molecule has 0 radical (unpaired) electrons. The maximum atomic E-state index is 4.56. The zero-order chi connectivity index (χ0) is 20.9. The molecule has 0 heterocycles. The first-order valence-corrected chi connectivity index (χ1v) is 9.84. The highest BCUT2D eigenvalue weighted by atomic mass is 15.1. The molecule has 5 heteroatoms. The largest absolute Gasteiger partial charge is 0.386 e. The lowest BCUT2D eigenvalue weighted by atomic mass is 10.1. The second-order valence-electron chi connectivity index (χ2n) is 7.14. The Morgan fingerprint density at radius 2 is 1.47 bits per heavy atom. The highest BCUT2D eigenvalue weighted by Gasteiger charge is 2.06. The molecule has 30 heavy (non-hydrogen) atoms. The molecule has 4 aromatic carbocycles. The summed E-state index contributed by atoms with van der Waals surface area (Å²) in [5.74, 6) is 0. The van der Waals surface area contributed by atoms with Crippen LogP contribution >= 0.6 is 0 Å². The molecule has 0 aliphatic heterocycles. The van der Waals surface area contributed by atoms with Crippen molar-refractivity contribution in [3.05, 3.63) is 90.0 Å². The molecule has 0 saturated carbocycles. The van der Waals surface area contributed by atoms with Gasteiger partial charge in [-0.2, -0.15) is 15.3 Å². The van der Waals surface area contributed by atoms with Crippen molar-refractivity contribution in [1.82, 2.24) is 0 Å². The fraction of sp³-hybridized carbons (Fsp3) is 0.120. The molecule has 4 rings (SSSR count). The smallest absolute Gasteiger partial charge is 0.117 e. The Bertz CT molecular complexity index is 1260. The van der Waals surface area contributed by atoms with E-state index in [2.05, 4.69) is 44.0 Å². The fourth-order valence-corrected chi connectivity index (χ4v) is 3.29. The van der Waals surface area contributed by atoms with Crippen LogP contribution in [0, 0.1) is 13.8 Å². The summed E-state index contributed by atoms with van der Waals surface area (Å²) in [4.78, 5) is 0. The number of anilines is 1. The van der Waals surface area contributed by atoms with Crippen molar-refractivity contribution in [2.75, 3.05) is 12.4 Å². The minimum atomic E-state index is 0.775. The molecule has 0 amide bonds. The Hall–Kier alpha value is -3.86. The lowest BCUT2D eigenvalue weighted by Gasteiger charge is -2.08. The number of benzene rings is 4. The van der Waals surface area contributed by atoms with Gasteiger partial charge in [-0.25, -0.2) is 0 Å². The minimum absolute atomic E-state index is 0.775. The number of nitrogens with zero attached hydrogens (tertiary/aromatic N) is 4. The SMILES string of the molecule is CNc1ccc2ccccc2c1N=Nc1ccc(N=Nc2cccc(C)c2)c(C)c1. The Morgan fingerprint density at radius 3 is 2.27 bits per heavy atom. The zero-order valence-electron chi connectivity index (χ0n) is 17.3. The van der Waals surface area contributed by atoms with Crippen LogP contribution in [0.15, 0.2) is 99.3 Å². The van der Waals surface area contributed by atoms with Gasteiger partial charge in [-0.15, -0.1) is 5.11 Å². The van der Waals surface area contributed by atoms with Crippen LogP contribution in [0.5, 0.6) is 0 Å². The number of aryl methyl sites for hydroxylation is 2. The molecule has 5 nitrogen and oxygen atoms in total. The number of fused-ring (bicyclic) bond motifs is 1. The van der Waals surface area contributed by atoms with E-state index in [1.54, 1.807) is 0 Å². The van der Waals surface area contributed by atoms with Crippen molar-refractivity contribution in [3.63, 3.8) is 0 Å². The molecule has 0 saturated heterocycles. The number of hydrogen-bond acceptors (Lipinski definition) is 5. The van der Waals surface area contributed by atoms with Gasteiger partial charge in [0, 0.05) is 12.4 Å². The van der Waals surface area contributed by atoms with Crippen LogP contribution in [0.4, 0.5) is 28.4 Å². The van der Waals surface area contributed by atoms with E-state index in [4.69, 9.17) is 0 Å². The first-order chi connectivity index (χ1) is 14.6. The Labute approximate surface area is 176 Å². The third-order valence-corrected chi connectivity index (χ3v) is 4.89. The van der Waals surface area contributed by atoms with Gasteiger partial charge in [0.05, 0.1) is 22.7 Å². The van der Waals surface area contributed by atoms with Gasteiger partial charge in [0.25, 0.3) is 0 Å². The summed E-state index contributed by atoms with van der Waals surface area (Å²) in [5, 5.41) is 23.2. The summed E-state index contributed by atoms with van der Waals surface area (Å²) >= 11 is 0. The predicted molar refractivity (Wildman–Crippen MR) is 124 cm³/mol. The van der Waals surface area contributed by atoms with Crippen molar-refractivity contribution in [2.24, 2.45) is 20.5 Å². The number of hydrogen-bond donors (Lipinski definition) is 1. The van der Waals surface area contributed by atoms with Gasteiger partial charge in [-0.05, 0) is 66.8 Å². The molecular weight excluding hydrogens is 370 g/mol. The summed E-state index contributed by atoms with van der Waals surface area (Å²) in [6.07, 6.45) is 0. The van der Waals surface area contributed by atoms with Crippen molar-refractivity contribution in [1.29, 1.82) is 0 Å². The second kappa shape index (κ2) is 8.66. The van der Waals surface area contributed by atoms with Gasteiger partial charge >= 0.3 is 0 Å². The Morgan fingerprint density at radius 1 is 0.667 bits per heavy atom. The summed E-state index contributed by atoms with van der Waals surface area (Å²) in [5.41, 5.74) is 6.36. The maximum Gasteiger partial charge on any atom is 0.117 e. The van der Waals surface area contributed by atoms with Crippen LogP contribution in [0.25, 0.3) is 10.8 Å².